The second-order valence-corrected chi connectivity index (χ2v) is 6.46. The Hall–Kier alpha value is -1.18. The zero-order chi connectivity index (χ0) is 13.9. The predicted octanol–water partition coefficient (Wildman–Crippen LogP) is 0.138. The quantitative estimate of drug-likeness (QED) is 0.824. The Labute approximate surface area is 112 Å². The molecular weight excluding hydrogens is 266 g/mol. The number of likely N-dealkylation sites (N-methyl/N-ethyl adjacent to an activating group) is 1. The van der Waals surface area contributed by atoms with E-state index in [1.165, 1.54) is 18.3 Å². The Balaban J connectivity index is 2.08. The summed E-state index contributed by atoms with van der Waals surface area (Å²) < 4.78 is 27.0. The highest BCUT2D eigenvalue weighted by molar-refractivity contribution is 7.89. The fourth-order valence-electron chi connectivity index (χ4n) is 2.29. The monoisotopic (exact) mass is 285 g/mol. The van der Waals surface area contributed by atoms with E-state index in [9.17, 15) is 13.2 Å². The van der Waals surface area contributed by atoms with Crippen LogP contribution in [0.2, 0.25) is 0 Å². The third kappa shape index (κ3) is 3.65. The Morgan fingerprint density at radius 1 is 1.47 bits per heavy atom. The van der Waals surface area contributed by atoms with E-state index in [0.717, 1.165) is 32.5 Å². The molecule has 1 aromatic rings. The van der Waals surface area contributed by atoms with Crippen molar-refractivity contribution >= 4 is 10.0 Å². The van der Waals surface area contributed by atoms with E-state index >= 15 is 0 Å². The molecule has 6 nitrogen and oxygen atoms in total. The van der Waals surface area contributed by atoms with E-state index in [0.29, 0.717) is 0 Å². The lowest BCUT2D eigenvalue weighted by atomic mass is 10.1. The zero-order valence-corrected chi connectivity index (χ0v) is 11.7. The molecule has 1 aromatic heterocycles. The average Bonchev–Trinajstić information content (AvgIpc) is 2.39. The zero-order valence-electron chi connectivity index (χ0n) is 10.9. The van der Waals surface area contributed by atoms with Crippen LogP contribution < -0.4 is 10.3 Å². The smallest absolute Gasteiger partial charge is 0.247 e. The molecule has 1 atom stereocenters. The van der Waals surface area contributed by atoms with Crippen molar-refractivity contribution in [2.75, 3.05) is 19.6 Å². The number of aromatic nitrogens is 1. The van der Waals surface area contributed by atoms with Crippen LogP contribution in [0, 0.1) is 0 Å². The standard InChI is InChI=1S/C12H19N3O3S/c1-2-15-7-3-4-10(9-15)14-19(17,18)11-5-6-12(16)13-8-11/h5-6,8,10,14H,2-4,7,9H2,1H3,(H,13,16). The number of H-pyrrole nitrogens is 1. The van der Waals surface area contributed by atoms with Crippen LogP contribution in [0.15, 0.2) is 28.0 Å². The highest BCUT2D eigenvalue weighted by Crippen LogP contribution is 2.13. The van der Waals surface area contributed by atoms with Gasteiger partial charge in [0.15, 0.2) is 0 Å². The number of nitrogens with one attached hydrogen (secondary N) is 2. The lowest BCUT2D eigenvalue weighted by Gasteiger charge is -2.31. The number of rotatable bonds is 4. The first-order valence-corrected chi connectivity index (χ1v) is 7.93. The van der Waals surface area contributed by atoms with Gasteiger partial charge in [0.2, 0.25) is 15.6 Å². The highest BCUT2D eigenvalue weighted by atomic mass is 32.2. The van der Waals surface area contributed by atoms with Gasteiger partial charge in [0.1, 0.15) is 0 Å². The molecule has 1 aliphatic heterocycles. The molecule has 19 heavy (non-hydrogen) atoms. The molecule has 0 saturated carbocycles. The molecule has 0 bridgehead atoms. The molecule has 2 rings (SSSR count). The van der Waals surface area contributed by atoms with Gasteiger partial charge in [-0.25, -0.2) is 13.1 Å². The van der Waals surface area contributed by atoms with Crippen molar-refractivity contribution < 1.29 is 8.42 Å². The van der Waals surface area contributed by atoms with E-state index in [-0.39, 0.29) is 16.5 Å². The molecule has 7 heteroatoms. The van der Waals surface area contributed by atoms with E-state index in [1.54, 1.807) is 0 Å². The summed E-state index contributed by atoms with van der Waals surface area (Å²) in [6.45, 7) is 4.75. The molecule has 0 aromatic carbocycles. The maximum Gasteiger partial charge on any atom is 0.247 e. The van der Waals surface area contributed by atoms with Gasteiger partial charge in [-0.2, -0.15) is 0 Å². The molecule has 2 N–H and O–H groups in total. The lowest BCUT2D eigenvalue weighted by Crippen LogP contribution is -2.47. The molecule has 1 fully saturated rings. The number of likely N-dealkylation sites (tertiary alicyclic amines) is 1. The number of nitrogens with zero attached hydrogens (tertiary/aromatic N) is 1. The molecule has 1 saturated heterocycles. The van der Waals surface area contributed by atoms with Gasteiger partial charge in [-0.3, -0.25) is 4.79 Å². The highest BCUT2D eigenvalue weighted by Gasteiger charge is 2.24. The maximum absolute atomic E-state index is 12.2. The summed E-state index contributed by atoms with van der Waals surface area (Å²) >= 11 is 0. The number of pyridine rings is 1. The van der Waals surface area contributed by atoms with E-state index in [2.05, 4.69) is 21.5 Å². The van der Waals surface area contributed by atoms with Crippen LogP contribution >= 0.6 is 0 Å². The van der Waals surface area contributed by atoms with Crippen LogP contribution in [0.25, 0.3) is 0 Å². The molecule has 1 unspecified atom stereocenters. The molecule has 0 amide bonds. The Morgan fingerprint density at radius 3 is 2.89 bits per heavy atom. The van der Waals surface area contributed by atoms with Crippen LogP contribution in [-0.2, 0) is 10.0 Å². The van der Waals surface area contributed by atoms with Crippen LogP contribution in [0.5, 0.6) is 0 Å². The summed E-state index contributed by atoms with van der Waals surface area (Å²) in [5.41, 5.74) is -0.311. The predicted molar refractivity (Wildman–Crippen MR) is 72.5 cm³/mol. The Kier molecular flexibility index (Phi) is 4.38. The summed E-state index contributed by atoms with van der Waals surface area (Å²) in [5.74, 6) is 0. The van der Waals surface area contributed by atoms with E-state index < -0.39 is 10.0 Å². The largest absolute Gasteiger partial charge is 0.328 e. The van der Waals surface area contributed by atoms with Gasteiger partial charge >= 0.3 is 0 Å². The second-order valence-electron chi connectivity index (χ2n) is 4.74. The van der Waals surface area contributed by atoms with Gasteiger partial charge in [0.25, 0.3) is 0 Å². The van der Waals surface area contributed by atoms with Crippen molar-refractivity contribution in [3.63, 3.8) is 0 Å². The van der Waals surface area contributed by atoms with Crippen molar-refractivity contribution in [2.45, 2.75) is 30.7 Å². The first-order valence-electron chi connectivity index (χ1n) is 6.44. The number of hydrogen-bond donors (Lipinski definition) is 2. The average molecular weight is 285 g/mol. The Bertz CT molecular complexity index is 562. The maximum atomic E-state index is 12.2. The topological polar surface area (TPSA) is 82.3 Å². The minimum atomic E-state index is -3.56. The van der Waals surface area contributed by atoms with Gasteiger partial charge in [0, 0.05) is 24.8 Å². The van der Waals surface area contributed by atoms with Gasteiger partial charge < -0.3 is 9.88 Å². The van der Waals surface area contributed by atoms with Gasteiger partial charge in [0.05, 0.1) is 4.90 Å². The third-order valence-corrected chi connectivity index (χ3v) is 4.86. The molecular formula is C12H19N3O3S. The van der Waals surface area contributed by atoms with Gasteiger partial charge in [-0.1, -0.05) is 6.92 Å². The molecule has 2 heterocycles. The summed E-state index contributed by atoms with van der Waals surface area (Å²) in [7, 11) is -3.56. The number of aromatic amines is 1. The van der Waals surface area contributed by atoms with Crippen molar-refractivity contribution in [3.05, 3.63) is 28.7 Å². The third-order valence-electron chi connectivity index (χ3n) is 3.34. The SMILES string of the molecule is CCN1CCCC(NS(=O)(=O)c2ccc(=O)[nH]c2)C1. The lowest BCUT2D eigenvalue weighted by molar-refractivity contribution is 0.211. The van der Waals surface area contributed by atoms with Crippen LogP contribution in [0.3, 0.4) is 0 Å². The first-order chi connectivity index (χ1) is 9.01. The molecule has 1 aliphatic rings. The van der Waals surface area contributed by atoms with Crippen LogP contribution in [0.4, 0.5) is 0 Å². The summed E-state index contributed by atoms with van der Waals surface area (Å²) in [6, 6.07) is 2.47. The first kappa shape index (κ1) is 14.2. The normalized spacial score (nSPS) is 21.4. The van der Waals surface area contributed by atoms with E-state index in [4.69, 9.17) is 0 Å². The van der Waals surface area contributed by atoms with Crippen molar-refractivity contribution in [1.82, 2.24) is 14.6 Å². The minimum Gasteiger partial charge on any atom is -0.328 e. The number of sulfonamides is 1. The number of hydrogen-bond acceptors (Lipinski definition) is 4. The number of piperidine rings is 1. The van der Waals surface area contributed by atoms with Crippen LogP contribution in [-0.4, -0.2) is 44.0 Å². The summed E-state index contributed by atoms with van der Waals surface area (Å²) in [4.78, 5) is 15.6. The minimum absolute atomic E-state index is 0.0642. The van der Waals surface area contributed by atoms with Gasteiger partial charge in [-0.15, -0.1) is 0 Å². The van der Waals surface area contributed by atoms with Crippen molar-refractivity contribution in [2.24, 2.45) is 0 Å². The fraction of sp³-hybridized carbons (Fsp3) is 0.583. The van der Waals surface area contributed by atoms with Crippen molar-refractivity contribution in [1.29, 1.82) is 0 Å². The molecule has 0 aliphatic carbocycles. The molecule has 0 spiro atoms. The molecule has 0 radical (unpaired) electrons. The summed E-state index contributed by atoms with van der Waals surface area (Å²) in [5, 5.41) is 0. The van der Waals surface area contributed by atoms with Crippen LogP contribution in [0.1, 0.15) is 19.8 Å². The fourth-order valence-corrected chi connectivity index (χ4v) is 3.52. The van der Waals surface area contributed by atoms with Gasteiger partial charge in [-0.05, 0) is 32.0 Å². The second kappa shape index (κ2) is 5.85. The Morgan fingerprint density at radius 2 is 2.26 bits per heavy atom. The van der Waals surface area contributed by atoms with Crippen molar-refractivity contribution in [3.8, 4) is 0 Å². The summed E-state index contributed by atoms with van der Waals surface area (Å²) in [6.07, 6.45) is 3.07. The van der Waals surface area contributed by atoms with E-state index in [1.807, 2.05) is 0 Å². The molecule has 106 valence electrons.